The molecule has 1 aromatic heterocycles. The Hall–Kier alpha value is -5.19. The normalized spacial score (nSPS) is 17.7. The average molecular weight is 900 g/mol. The smallest absolute Gasteiger partial charge is 0.246 e. The van der Waals surface area contributed by atoms with Crippen molar-refractivity contribution >= 4 is 46.9 Å². The van der Waals surface area contributed by atoms with E-state index in [2.05, 4.69) is 51.1 Å². The van der Waals surface area contributed by atoms with Crippen LogP contribution in [0, 0.1) is 0 Å². The zero-order valence-corrected chi connectivity index (χ0v) is 39.3. The Balaban J connectivity index is 1.07. The molecule has 0 radical (unpaired) electrons. The molecule has 3 heterocycles. The lowest BCUT2D eigenvalue weighted by Crippen LogP contribution is -2.54. The number of nitrogens with one attached hydrogen (secondary N) is 4. The molecule has 4 unspecified atom stereocenters. The predicted octanol–water partition coefficient (Wildman–Crippen LogP) is 4.60. The van der Waals surface area contributed by atoms with E-state index in [1.54, 1.807) is 35.6 Å². The summed E-state index contributed by atoms with van der Waals surface area (Å²) in [4.78, 5) is 93.4. The summed E-state index contributed by atoms with van der Waals surface area (Å²) in [6.07, 6.45) is 8.58. The molecule has 65 heavy (non-hydrogen) atoms. The van der Waals surface area contributed by atoms with Crippen LogP contribution in [-0.4, -0.2) is 156 Å². The number of rotatable bonds is 27. The van der Waals surface area contributed by atoms with Gasteiger partial charge in [-0.05, 0) is 97.4 Å². The van der Waals surface area contributed by atoms with E-state index in [0.29, 0.717) is 84.2 Å². The summed E-state index contributed by atoms with van der Waals surface area (Å²) in [7, 11) is 3.78. The Morgan fingerprint density at radius 1 is 0.892 bits per heavy atom. The number of amides is 5. The number of benzene rings is 2. The number of likely N-dealkylation sites (N-methyl/N-ethyl adjacent to an activating group) is 2. The van der Waals surface area contributed by atoms with Gasteiger partial charge in [-0.1, -0.05) is 49.4 Å². The highest BCUT2D eigenvalue weighted by molar-refractivity contribution is 5.92. The Bertz CT molecular complexity index is 2010. The molecule has 2 saturated heterocycles. The first-order valence-electron chi connectivity index (χ1n) is 23.9. The minimum atomic E-state index is -0.842. The van der Waals surface area contributed by atoms with Crippen LogP contribution < -0.4 is 16.0 Å². The number of hydrogen-bond acceptors (Lipinski definition) is 10. The summed E-state index contributed by atoms with van der Waals surface area (Å²) >= 11 is 0. The fourth-order valence-electron chi connectivity index (χ4n) is 8.82. The summed E-state index contributed by atoms with van der Waals surface area (Å²) < 4.78 is 5.87. The number of para-hydroxylation sites is 1. The molecule has 16 nitrogen and oxygen atoms in total. The highest BCUT2D eigenvalue weighted by Crippen LogP contribution is 2.37. The number of nitrogens with zero attached hydrogens (tertiary/aromatic N) is 5. The van der Waals surface area contributed by atoms with Gasteiger partial charge in [-0.25, -0.2) is 4.98 Å². The van der Waals surface area contributed by atoms with Crippen molar-refractivity contribution in [3.05, 3.63) is 54.4 Å². The number of hydrogen-bond donors (Lipinski definition) is 4. The Morgan fingerprint density at radius 2 is 1.58 bits per heavy atom. The number of carbonyl (C=O) groups is 6. The quantitative estimate of drug-likeness (QED) is 0.0622. The topological polar surface area (TPSA) is 189 Å². The van der Waals surface area contributed by atoms with Crippen LogP contribution in [0.1, 0.15) is 110 Å². The van der Waals surface area contributed by atoms with E-state index in [1.165, 1.54) is 0 Å². The second kappa shape index (κ2) is 26.1. The SMILES string of the molecule is CCC(=O)N[C@@H](CN(CC)C(=O)CCCCOCCCCC(=O)N(CCC1CCC(c2nc3cccc(-c4ccccc4)c3[nH]2)N1C)CC(C=O)NC(=O)C(C)NC)C(=O)N1CCCC1. The molecule has 4 N–H and O–H groups in total. The summed E-state index contributed by atoms with van der Waals surface area (Å²) in [6, 6.07) is 14.7. The molecular formula is C49H73N9O7. The third-order valence-electron chi connectivity index (χ3n) is 13.0. The number of aromatic amines is 1. The molecular weight excluding hydrogens is 827 g/mol. The third-order valence-corrected chi connectivity index (χ3v) is 13.0. The maximum atomic E-state index is 13.8. The molecule has 2 aliphatic rings. The lowest BCUT2D eigenvalue weighted by molar-refractivity contribution is -0.138. The van der Waals surface area contributed by atoms with Gasteiger partial charge in [-0.2, -0.15) is 0 Å². The van der Waals surface area contributed by atoms with Gasteiger partial charge in [-0.3, -0.25) is 28.9 Å². The van der Waals surface area contributed by atoms with Gasteiger partial charge in [0, 0.05) is 83.4 Å². The number of aromatic nitrogens is 2. The number of imidazole rings is 1. The van der Waals surface area contributed by atoms with Gasteiger partial charge in [-0.15, -0.1) is 0 Å². The van der Waals surface area contributed by atoms with Crippen molar-refractivity contribution < 1.29 is 33.5 Å². The summed E-state index contributed by atoms with van der Waals surface area (Å²) in [5, 5.41) is 8.51. The first-order valence-corrected chi connectivity index (χ1v) is 23.9. The summed E-state index contributed by atoms with van der Waals surface area (Å²) in [5.41, 5.74) is 4.18. The fourth-order valence-corrected chi connectivity index (χ4v) is 8.82. The Morgan fingerprint density at radius 3 is 2.23 bits per heavy atom. The monoisotopic (exact) mass is 900 g/mol. The van der Waals surface area contributed by atoms with E-state index in [4.69, 9.17) is 9.72 Å². The Kier molecular flexibility index (Phi) is 20.4. The zero-order chi connectivity index (χ0) is 46.7. The lowest BCUT2D eigenvalue weighted by atomic mass is 10.0. The molecule has 5 atom stereocenters. The lowest BCUT2D eigenvalue weighted by Gasteiger charge is -2.30. The third kappa shape index (κ3) is 14.7. The van der Waals surface area contributed by atoms with Gasteiger partial charge >= 0.3 is 0 Å². The molecule has 5 rings (SSSR count). The first-order chi connectivity index (χ1) is 31.5. The van der Waals surface area contributed by atoms with Crippen molar-refractivity contribution in [2.75, 3.05) is 66.6 Å². The van der Waals surface area contributed by atoms with Crippen LogP contribution in [0.4, 0.5) is 0 Å². The highest BCUT2D eigenvalue weighted by Gasteiger charge is 2.35. The van der Waals surface area contributed by atoms with Crippen molar-refractivity contribution in [2.45, 2.75) is 128 Å². The molecule has 0 bridgehead atoms. The van der Waals surface area contributed by atoms with E-state index in [1.807, 2.05) is 37.3 Å². The van der Waals surface area contributed by atoms with Crippen molar-refractivity contribution in [1.82, 2.24) is 45.5 Å². The number of H-pyrrole nitrogens is 1. The second-order valence-electron chi connectivity index (χ2n) is 17.5. The number of likely N-dealkylation sites (tertiary alicyclic amines) is 2. The standard InChI is InChI=1S/C49H73N9O7/c1-6-43(60)52-41(49(64)57-27-13-14-28-57)33-56(7-2)44(61)22-11-15-30-65-31-16-12-23-45(62)58(32-37(34-59)51-48(63)35(3)50-4)29-26-38-24-25-42(55(38)5)47-53-40-21-17-20-39(46(40)54-47)36-18-9-8-10-19-36/h8-10,17-21,34-35,37-38,41-42,50H,6-7,11-16,22-33H2,1-5H3,(H,51,63)(H,52,60)(H,53,54)/t35?,37?,38?,41-,42?/m0/s1. The first kappa shape index (κ1) is 50.8. The van der Waals surface area contributed by atoms with Crippen molar-refractivity contribution in [2.24, 2.45) is 0 Å². The largest absolute Gasteiger partial charge is 0.381 e. The van der Waals surface area contributed by atoms with Gasteiger partial charge in [0.15, 0.2) is 0 Å². The predicted molar refractivity (Wildman–Crippen MR) is 252 cm³/mol. The zero-order valence-electron chi connectivity index (χ0n) is 39.3. The van der Waals surface area contributed by atoms with Crippen LogP contribution in [0.3, 0.4) is 0 Å². The van der Waals surface area contributed by atoms with Gasteiger partial charge in [0.05, 0.1) is 23.1 Å². The molecule has 2 aromatic carbocycles. The van der Waals surface area contributed by atoms with Crippen LogP contribution >= 0.6 is 0 Å². The molecule has 0 spiro atoms. The van der Waals surface area contributed by atoms with E-state index in [0.717, 1.165) is 53.7 Å². The van der Waals surface area contributed by atoms with Crippen LogP contribution in [0.5, 0.6) is 0 Å². The maximum Gasteiger partial charge on any atom is 0.246 e. The van der Waals surface area contributed by atoms with Gasteiger partial charge in [0.2, 0.25) is 29.5 Å². The summed E-state index contributed by atoms with van der Waals surface area (Å²) in [5.74, 6) is 0.141. The molecule has 356 valence electrons. The highest BCUT2D eigenvalue weighted by atomic mass is 16.5. The van der Waals surface area contributed by atoms with E-state index < -0.39 is 18.1 Å². The van der Waals surface area contributed by atoms with Gasteiger partial charge < -0.3 is 45.2 Å². The molecule has 0 saturated carbocycles. The minimum absolute atomic E-state index is 0.0586. The molecule has 5 amide bonds. The average Bonchev–Trinajstić information content (AvgIpc) is 4.11. The number of fused-ring (bicyclic) bond motifs is 1. The molecule has 0 aliphatic carbocycles. The van der Waals surface area contributed by atoms with Crippen LogP contribution in [0.15, 0.2) is 48.5 Å². The Labute approximate surface area is 384 Å². The van der Waals surface area contributed by atoms with Crippen LogP contribution in [0.2, 0.25) is 0 Å². The summed E-state index contributed by atoms with van der Waals surface area (Å²) in [6.45, 7) is 8.75. The molecule has 2 fully saturated rings. The number of carbonyl (C=O) groups excluding carboxylic acids is 6. The van der Waals surface area contributed by atoms with Gasteiger partial charge in [0.25, 0.3) is 0 Å². The van der Waals surface area contributed by atoms with Gasteiger partial charge in [0.1, 0.15) is 24.2 Å². The maximum absolute atomic E-state index is 13.8. The molecule has 3 aromatic rings. The number of aldehydes is 1. The number of unbranched alkanes of at least 4 members (excludes halogenated alkanes) is 2. The van der Waals surface area contributed by atoms with E-state index in [-0.39, 0.29) is 67.6 Å². The van der Waals surface area contributed by atoms with E-state index in [9.17, 15) is 28.8 Å². The van der Waals surface area contributed by atoms with Crippen molar-refractivity contribution in [1.29, 1.82) is 0 Å². The van der Waals surface area contributed by atoms with Crippen LogP contribution in [0.25, 0.3) is 22.2 Å². The molecule has 16 heteroatoms. The minimum Gasteiger partial charge on any atom is -0.381 e. The van der Waals surface area contributed by atoms with Crippen LogP contribution in [-0.2, 0) is 33.5 Å². The van der Waals surface area contributed by atoms with Crippen molar-refractivity contribution in [3.63, 3.8) is 0 Å². The fraction of sp³-hybridized carbons (Fsp3) is 0.612. The molecule has 2 aliphatic heterocycles. The second-order valence-corrected chi connectivity index (χ2v) is 17.5. The number of ether oxygens (including phenoxy) is 1. The van der Waals surface area contributed by atoms with Crippen molar-refractivity contribution in [3.8, 4) is 11.1 Å². The van der Waals surface area contributed by atoms with E-state index >= 15 is 0 Å².